The summed E-state index contributed by atoms with van der Waals surface area (Å²) in [4.78, 5) is 16.2. The first kappa shape index (κ1) is 16.2. The summed E-state index contributed by atoms with van der Waals surface area (Å²) in [6.07, 6.45) is 5.62. The lowest BCUT2D eigenvalue weighted by Crippen LogP contribution is -2.39. The molecule has 1 amide bonds. The molecule has 0 saturated carbocycles. The van der Waals surface area contributed by atoms with Crippen LogP contribution in [0.5, 0.6) is 0 Å². The highest BCUT2D eigenvalue weighted by Crippen LogP contribution is 2.32. The predicted octanol–water partition coefficient (Wildman–Crippen LogP) is 4.04. The zero-order valence-electron chi connectivity index (χ0n) is 14.3. The Morgan fingerprint density at radius 3 is 2.68 bits per heavy atom. The van der Waals surface area contributed by atoms with Gasteiger partial charge in [0, 0.05) is 29.4 Å². The van der Waals surface area contributed by atoms with Gasteiger partial charge in [-0.1, -0.05) is 24.3 Å². The number of likely N-dealkylation sites (tertiary alicyclic amines) is 1. The largest absolute Gasteiger partial charge is 0.338 e. The summed E-state index contributed by atoms with van der Waals surface area (Å²) in [7, 11) is 0. The maximum atomic E-state index is 12.9. The van der Waals surface area contributed by atoms with E-state index in [1.54, 1.807) is 10.7 Å². The van der Waals surface area contributed by atoms with Crippen molar-refractivity contribution >= 4 is 23.2 Å². The van der Waals surface area contributed by atoms with Crippen LogP contribution in [0.1, 0.15) is 28.8 Å². The number of carbonyl (C=O) groups is 1. The molecule has 3 heterocycles. The number of amides is 1. The molecular formula is C20H21N3OS. The average molecular weight is 351 g/mol. The van der Waals surface area contributed by atoms with Gasteiger partial charge in [-0.05, 0) is 43.5 Å². The highest BCUT2D eigenvalue weighted by atomic mass is 32.2. The molecule has 1 aliphatic rings. The quantitative estimate of drug-likeness (QED) is 0.715. The van der Waals surface area contributed by atoms with Gasteiger partial charge in [0.05, 0.1) is 17.3 Å². The van der Waals surface area contributed by atoms with Crippen LogP contribution in [0.4, 0.5) is 0 Å². The van der Waals surface area contributed by atoms with Crippen LogP contribution in [0.2, 0.25) is 0 Å². The minimum absolute atomic E-state index is 0.0977. The molecule has 0 radical (unpaired) electrons. The maximum absolute atomic E-state index is 12.9. The lowest BCUT2D eigenvalue weighted by Gasteiger charge is -2.31. The average Bonchev–Trinajstić information content (AvgIpc) is 3.08. The molecule has 25 heavy (non-hydrogen) atoms. The minimum atomic E-state index is 0.0977. The highest BCUT2D eigenvalue weighted by molar-refractivity contribution is 8.00. The Hall–Kier alpha value is -2.27. The second-order valence-electron chi connectivity index (χ2n) is 6.46. The van der Waals surface area contributed by atoms with Crippen LogP contribution in [-0.2, 0) is 0 Å². The van der Waals surface area contributed by atoms with Gasteiger partial charge in [0.25, 0.3) is 5.91 Å². The summed E-state index contributed by atoms with van der Waals surface area (Å²) in [5, 5.41) is 4.86. The first-order valence-corrected chi connectivity index (χ1v) is 9.54. The van der Waals surface area contributed by atoms with Gasteiger partial charge in [0.15, 0.2) is 0 Å². The highest BCUT2D eigenvalue weighted by Gasteiger charge is 2.26. The van der Waals surface area contributed by atoms with E-state index in [2.05, 4.69) is 36.3 Å². The summed E-state index contributed by atoms with van der Waals surface area (Å²) in [5.74, 6) is 0.0977. The zero-order valence-corrected chi connectivity index (χ0v) is 15.1. The summed E-state index contributed by atoms with van der Waals surface area (Å²) in [6.45, 7) is 3.78. The number of benzene rings is 1. The van der Waals surface area contributed by atoms with Gasteiger partial charge in [0.1, 0.15) is 0 Å². The van der Waals surface area contributed by atoms with Gasteiger partial charge >= 0.3 is 0 Å². The van der Waals surface area contributed by atoms with Crippen molar-refractivity contribution < 1.29 is 4.79 Å². The molecule has 1 fully saturated rings. The Balaban J connectivity index is 1.42. The van der Waals surface area contributed by atoms with Crippen molar-refractivity contribution in [3.63, 3.8) is 0 Å². The van der Waals surface area contributed by atoms with E-state index >= 15 is 0 Å². The van der Waals surface area contributed by atoms with Crippen molar-refractivity contribution in [2.24, 2.45) is 0 Å². The summed E-state index contributed by atoms with van der Waals surface area (Å²) >= 11 is 1.95. The van der Waals surface area contributed by atoms with E-state index < -0.39 is 0 Å². The number of hydrogen-bond donors (Lipinski definition) is 0. The number of pyridine rings is 1. The molecule has 1 aromatic carbocycles. The number of rotatable bonds is 3. The lowest BCUT2D eigenvalue weighted by molar-refractivity contribution is 0.0729. The molecule has 1 saturated heterocycles. The molecule has 2 aromatic heterocycles. The van der Waals surface area contributed by atoms with Crippen molar-refractivity contribution in [3.05, 3.63) is 66.0 Å². The van der Waals surface area contributed by atoms with Crippen molar-refractivity contribution in [2.45, 2.75) is 29.9 Å². The van der Waals surface area contributed by atoms with Crippen LogP contribution < -0.4 is 0 Å². The van der Waals surface area contributed by atoms with Gasteiger partial charge in [-0.15, -0.1) is 11.8 Å². The second kappa shape index (κ2) is 6.92. The number of nitrogens with zero attached hydrogens (tertiary/aromatic N) is 3. The monoisotopic (exact) mass is 351 g/mol. The fourth-order valence-electron chi connectivity index (χ4n) is 3.31. The van der Waals surface area contributed by atoms with Crippen LogP contribution >= 0.6 is 11.8 Å². The molecule has 0 bridgehead atoms. The fraction of sp³-hybridized carbons (Fsp3) is 0.300. The molecule has 0 unspecified atom stereocenters. The smallest absolute Gasteiger partial charge is 0.257 e. The molecule has 128 valence electrons. The maximum Gasteiger partial charge on any atom is 0.257 e. The summed E-state index contributed by atoms with van der Waals surface area (Å²) in [6, 6.07) is 14.3. The number of piperidine rings is 1. The second-order valence-corrected chi connectivity index (χ2v) is 7.81. The van der Waals surface area contributed by atoms with E-state index in [0.717, 1.165) is 31.4 Å². The van der Waals surface area contributed by atoms with E-state index in [0.29, 0.717) is 10.8 Å². The number of aryl methyl sites for hydroxylation is 1. The summed E-state index contributed by atoms with van der Waals surface area (Å²) in [5.41, 5.74) is 2.91. The fourth-order valence-corrected chi connectivity index (χ4v) is 4.53. The molecule has 4 rings (SSSR count). The van der Waals surface area contributed by atoms with E-state index in [9.17, 15) is 4.79 Å². The van der Waals surface area contributed by atoms with Crippen LogP contribution in [0.3, 0.4) is 0 Å². The van der Waals surface area contributed by atoms with E-state index in [1.807, 2.05) is 41.1 Å². The molecule has 3 aromatic rings. The molecule has 0 atom stereocenters. The van der Waals surface area contributed by atoms with E-state index in [-0.39, 0.29) is 5.91 Å². The number of hydrogen-bond acceptors (Lipinski definition) is 3. The number of aromatic nitrogens is 2. The van der Waals surface area contributed by atoms with E-state index in [1.165, 1.54) is 10.5 Å². The number of thioether (sulfide) groups is 1. The Morgan fingerprint density at radius 2 is 1.88 bits per heavy atom. The Labute approximate surface area is 151 Å². The van der Waals surface area contributed by atoms with Crippen molar-refractivity contribution in [1.29, 1.82) is 0 Å². The number of carbonyl (C=O) groups excluding carboxylic acids is 1. The van der Waals surface area contributed by atoms with Gasteiger partial charge in [0.2, 0.25) is 0 Å². The Kier molecular flexibility index (Phi) is 4.49. The normalized spacial score (nSPS) is 15.6. The first-order chi connectivity index (χ1) is 12.2. The van der Waals surface area contributed by atoms with E-state index in [4.69, 9.17) is 0 Å². The van der Waals surface area contributed by atoms with Crippen LogP contribution in [0.25, 0.3) is 5.52 Å². The Morgan fingerprint density at radius 1 is 1.12 bits per heavy atom. The van der Waals surface area contributed by atoms with Gasteiger partial charge < -0.3 is 4.90 Å². The van der Waals surface area contributed by atoms with Gasteiger partial charge in [-0.25, -0.2) is 4.52 Å². The third kappa shape index (κ3) is 3.29. The third-order valence-electron chi connectivity index (χ3n) is 4.77. The predicted molar refractivity (Wildman–Crippen MR) is 101 cm³/mol. The molecule has 5 heteroatoms. The topological polar surface area (TPSA) is 37.6 Å². The third-order valence-corrected chi connectivity index (χ3v) is 6.29. The molecule has 1 aliphatic heterocycles. The standard InChI is InChI=1S/C20H21N3OS/c1-15-6-2-3-8-19(15)25-16-9-12-22(13-10-16)20(24)17-14-21-23-11-5-4-7-18(17)23/h2-8,11,14,16H,9-10,12-13H2,1H3. The molecule has 4 nitrogen and oxygen atoms in total. The minimum Gasteiger partial charge on any atom is -0.338 e. The first-order valence-electron chi connectivity index (χ1n) is 8.66. The SMILES string of the molecule is Cc1ccccc1SC1CCN(C(=O)c2cnn3ccccc23)CC1. The molecule has 0 aliphatic carbocycles. The molecule has 0 N–H and O–H groups in total. The van der Waals surface area contributed by atoms with Crippen LogP contribution in [0.15, 0.2) is 59.8 Å². The Bertz CT molecular complexity index is 897. The lowest BCUT2D eigenvalue weighted by atomic mass is 10.1. The van der Waals surface area contributed by atoms with Crippen molar-refractivity contribution in [2.75, 3.05) is 13.1 Å². The van der Waals surface area contributed by atoms with Gasteiger partial charge in [-0.3, -0.25) is 4.79 Å². The number of fused-ring (bicyclic) bond motifs is 1. The van der Waals surface area contributed by atoms with Crippen LogP contribution in [-0.4, -0.2) is 38.8 Å². The van der Waals surface area contributed by atoms with Gasteiger partial charge in [-0.2, -0.15) is 5.10 Å². The van der Waals surface area contributed by atoms with Crippen molar-refractivity contribution in [1.82, 2.24) is 14.5 Å². The molecular weight excluding hydrogens is 330 g/mol. The van der Waals surface area contributed by atoms with Crippen molar-refractivity contribution in [3.8, 4) is 0 Å². The van der Waals surface area contributed by atoms with Crippen LogP contribution in [0, 0.1) is 6.92 Å². The molecule has 0 spiro atoms. The summed E-state index contributed by atoms with van der Waals surface area (Å²) < 4.78 is 1.76. The zero-order chi connectivity index (χ0) is 17.2.